The van der Waals surface area contributed by atoms with Gasteiger partial charge in [0.25, 0.3) is 0 Å². The summed E-state index contributed by atoms with van der Waals surface area (Å²) in [6.45, 7) is 0. The molecule has 0 saturated carbocycles. The Kier molecular flexibility index (Phi) is 3.94. The van der Waals surface area contributed by atoms with Gasteiger partial charge in [0.05, 0.1) is 5.75 Å². The maximum absolute atomic E-state index is 5.84. The molecule has 100 valence electrons. The molecule has 0 atom stereocenters. The van der Waals surface area contributed by atoms with Crippen LogP contribution in [0, 0.1) is 0 Å². The number of thioether (sulfide) groups is 1. The molecule has 0 amide bonds. The average molecular weight is 305 g/mol. The molecule has 0 aliphatic carbocycles. The van der Waals surface area contributed by atoms with E-state index in [1.165, 1.54) is 11.8 Å². The summed E-state index contributed by atoms with van der Waals surface area (Å²) >= 11 is 7.29. The maximum Gasteiger partial charge on any atom is 0.237 e. The lowest BCUT2D eigenvalue weighted by Crippen LogP contribution is -1.86. The molecule has 2 aromatic heterocycles. The summed E-state index contributed by atoms with van der Waals surface area (Å²) in [7, 11) is 0. The third-order valence-electron chi connectivity index (χ3n) is 2.44. The van der Waals surface area contributed by atoms with Crippen molar-refractivity contribution in [1.82, 2.24) is 20.1 Å². The van der Waals surface area contributed by atoms with Crippen molar-refractivity contribution in [3.63, 3.8) is 0 Å². The van der Waals surface area contributed by atoms with Gasteiger partial charge in [0.15, 0.2) is 5.16 Å². The van der Waals surface area contributed by atoms with E-state index in [-0.39, 0.29) is 0 Å². The van der Waals surface area contributed by atoms with E-state index in [0.29, 0.717) is 27.6 Å². The molecule has 3 aromatic rings. The minimum absolute atomic E-state index is 0.532. The Balaban J connectivity index is 1.69. The second-order valence-corrected chi connectivity index (χ2v) is 5.22. The van der Waals surface area contributed by atoms with E-state index in [0.717, 1.165) is 5.56 Å². The zero-order valence-corrected chi connectivity index (χ0v) is 11.8. The molecule has 0 spiro atoms. The zero-order chi connectivity index (χ0) is 13.8. The SMILES string of the molecule is Clc1ccc(-c2noc(CSc3ncccn3)n2)cc1. The fourth-order valence-electron chi connectivity index (χ4n) is 1.52. The summed E-state index contributed by atoms with van der Waals surface area (Å²) < 4.78 is 5.20. The van der Waals surface area contributed by atoms with Crippen molar-refractivity contribution in [2.24, 2.45) is 0 Å². The predicted molar refractivity (Wildman–Crippen MR) is 76.3 cm³/mol. The van der Waals surface area contributed by atoms with Crippen LogP contribution in [0.2, 0.25) is 5.02 Å². The second-order valence-electron chi connectivity index (χ2n) is 3.84. The van der Waals surface area contributed by atoms with E-state index < -0.39 is 0 Å². The van der Waals surface area contributed by atoms with E-state index in [1.807, 2.05) is 12.1 Å². The quantitative estimate of drug-likeness (QED) is 0.543. The summed E-state index contributed by atoms with van der Waals surface area (Å²) in [6.07, 6.45) is 3.39. The van der Waals surface area contributed by atoms with Gasteiger partial charge in [0.2, 0.25) is 11.7 Å². The van der Waals surface area contributed by atoms with Crippen molar-refractivity contribution < 1.29 is 4.52 Å². The summed E-state index contributed by atoms with van der Waals surface area (Å²) in [5.41, 5.74) is 0.866. The number of hydrogen-bond acceptors (Lipinski definition) is 6. The fourth-order valence-corrected chi connectivity index (χ4v) is 2.28. The standard InChI is InChI=1S/C13H9ClN4OS/c14-10-4-2-9(3-5-10)12-17-11(19-18-12)8-20-13-15-6-1-7-16-13/h1-7H,8H2. The molecular weight excluding hydrogens is 296 g/mol. The van der Waals surface area contributed by atoms with E-state index in [1.54, 1.807) is 30.6 Å². The Morgan fingerprint density at radius 3 is 2.60 bits per heavy atom. The lowest BCUT2D eigenvalue weighted by molar-refractivity contribution is 0.391. The third-order valence-corrected chi connectivity index (χ3v) is 3.55. The second kappa shape index (κ2) is 6.02. The van der Waals surface area contributed by atoms with Crippen LogP contribution in [0.25, 0.3) is 11.4 Å². The van der Waals surface area contributed by atoms with Crippen molar-refractivity contribution in [2.75, 3.05) is 0 Å². The minimum Gasteiger partial charge on any atom is -0.338 e. The summed E-state index contributed by atoms with van der Waals surface area (Å²) in [5.74, 6) is 1.61. The molecule has 0 N–H and O–H groups in total. The van der Waals surface area contributed by atoms with Crippen LogP contribution in [-0.4, -0.2) is 20.1 Å². The predicted octanol–water partition coefficient (Wildman–Crippen LogP) is 3.47. The third kappa shape index (κ3) is 3.15. The van der Waals surface area contributed by atoms with Gasteiger partial charge < -0.3 is 4.52 Å². The molecule has 0 bridgehead atoms. The average Bonchev–Trinajstić information content (AvgIpc) is 2.96. The molecule has 5 nitrogen and oxygen atoms in total. The molecule has 0 aliphatic heterocycles. The molecule has 2 heterocycles. The Hall–Kier alpha value is -1.92. The van der Waals surface area contributed by atoms with Crippen LogP contribution in [0.4, 0.5) is 0 Å². The van der Waals surface area contributed by atoms with Crippen LogP contribution < -0.4 is 0 Å². The van der Waals surface area contributed by atoms with Gasteiger partial charge in [-0.25, -0.2) is 9.97 Å². The first kappa shape index (κ1) is 13.1. The Bertz CT molecular complexity index is 687. The van der Waals surface area contributed by atoms with Gasteiger partial charge in [-0.3, -0.25) is 0 Å². The molecule has 0 radical (unpaired) electrons. The number of halogens is 1. The molecule has 0 fully saturated rings. The first-order valence-electron chi connectivity index (χ1n) is 5.79. The number of nitrogens with zero attached hydrogens (tertiary/aromatic N) is 4. The molecule has 0 saturated heterocycles. The zero-order valence-electron chi connectivity index (χ0n) is 10.2. The number of rotatable bonds is 4. The van der Waals surface area contributed by atoms with Crippen molar-refractivity contribution in [2.45, 2.75) is 10.9 Å². The topological polar surface area (TPSA) is 64.7 Å². The monoisotopic (exact) mass is 304 g/mol. The van der Waals surface area contributed by atoms with Crippen LogP contribution in [0.1, 0.15) is 5.89 Å². The Labute approximate surface area is 124 Å². The lowest BCUT2D eigenvalue weighted by Gasteiger charge is -1.94. The van der Waals surface area contributed by atoms with Crippen molar-refractivity contribution >= 4 is 23.4 Å². The highest BCUT2D eigenvalue weighted by molar-refractivity contribution is 7.98. The highest BCUT2D eigenvalue weighted by Crippen LogP contribution is 2.21. The van der Waals surface area contributed by atoms with E-state index in [4.69, 9.17) is 16.1 Å². The molecule has 3 rings (SSSR count). The first-order valence-corrected chi connectivity index (χ1v) is 7.16. The van der Waals surface area contributed by atoms with Gasteiger partial charge in [-0.15, -0.1) is 0 Å². The van der Waals surface area contributed by atoms with Crippen molar-refractivity contribution in [3.8, 4) is 11.4 Å². The number of hydrogen-bond donors (Lipinski definition) is 0. The van der Waals surface area contributed by atoms with Crippen LogP contribution in [-0.2, 0) is 5.75 Å². The first-order chi connectivity index (χ1) is 9.81. The largest absolute Gasteiger partial charge is 0.338 e. The van der Waals surface area contributed by atoms with Crippen LogP contribution in [0.15, 0.2) is 52.4 Å². The minimum atomic E-state index is 0.532. The normalized spacial score (nSPS) is 10.7. The van der Waals surface area contributed by atoms with Crippen molar-refractivity contribution in [3.05, 3.63) is 53.6 Å². The fraction of sp³-hybridized carbons (Fsp3) is 0.0769. The van der Waals surface area contributed by atoms with Gasteiger partial charge in [-0.2, -0.15) is 4.98 Å². The maximum atomic E-state index is 5.84. The summed E-state index contributed by atoms with van der Waals surface area (Å²) in [5, 5.41) is 5.30. The van der Waals surface area contributed by atoms with Gasteiger partial charge in [0, 0.05) is 23.0 Å². The number of benzene rings is 1. The van der Waals surface area contributed by atoms with Gasteiger partial charge in [-0.05, 0) is 30.3 Å². The van der Waals surface area contributed by atoms with Crippen LogP contribution in [0.5, 0.6) is 0 Å². The van der Waals surface area contributed by atoms with Crippen LogP contribution in [0.3, 0.4) is 0 Å². The Morgan fingerprint density at radius 2 is 1.85 bits per heavy atom. The van der Waals surface area contributed by atoms with Crippen LogP contribution >= 0.6 is 23.4 Å². The van der Waals surface area contributed by atoms with Gasteiger partial charge >= 0.3 is 0 Å². The molecule has 0 aliphatic rings. The molecule has 7 heteroatoms. The van der Waals surface area contributed by atoms with Crippen molar-refractivity contribution in [1.29, 1.82) is 0 Å². The molecule has 20 heavy (non-hydrogen) atoms. The molecule has 0 unspecified atom stereocenters. The smallest absolute Gasteiger partial charge is 0.237 e. The lowest BCUT2D eigenvalue weighted by atomic mass is 10.2. The number of aromatic nitrogens is 4. The Morgan fingerprint density at radius 1 is 1.10 bits per heavy atom. The van der Waals surface area contributed by atoms with Gasteiger partial charge in [-0.1, -0.05) is 28.5 Å². The van der Waals surface area contributed by atoms with E-state index in [9.17, 15) is 0 Å². The van der Waals surface area contributed by atoms with Gasteiger partial charge in [0.1, 0.15) is 0 Å². The van der Waals surface area contributed by atoms with E-state index >= 15 is 0 Å². The summed E-state index contributed by atoms with van der Waals surface area (Å²) in [6, 6.07) is 9.06. The molecular formula is C13H9ClN4OS. The molecule has 1 aromatic carbocycles. The highest BCUT2D eigenvalue weighted by atomic mass is 35.5. The summed E-state index contributed by atoms with van der Waals surface area (Å²) in [4.78, 5) is 12.6. The highest BCUT2D eigenvalue weighted by Gasteiger charge is 2.09. The van der Waals surface area contributed by atoms with E-state index in [2.05, 4.69) is 20.1 Å².